The maximum Gasteiger partial charge on any atom is 0.269 e. The summed E-state index contributed by atoms with van der Waals surface area (Å²) in [7, 11) is 0. The first-order valence-corrected chi connectivity index (χ1v) is 12.5. The number of carbonyl (C=O) groups excluding carboxylic acids is 2. The third-order valence-electron chi connectivity index (χ3n) is 7.04. The summed E-state index contributed by atoms with van der Waals surface area (Å²) >= 11 is 0. The lowest BCUT2D eigenvalue weighted by Gasteiger charge is -2.18. The largest absolute Gasteiger partial charge is 0.354 e. The molecular weight excluding hydrogens is 502 g/mol. The van der Waals surface area contributed by atoms with Gasteiger partial charge in [-0.25, -0.2) is 9.67 Å². The summed E-state index contributed by atoms with van der Waals surface area (Å²) in [6.45, 7) is 5.10. The van der Waals surface area contributed by atoms with Crippen molar-refractivity contribution in [3.63, 3.8) is 0 Å². The Bertz CT molecular complexity index is 1640. The topological polar surface area (TPSA) is 145 Å². The molecule has 0 bridgehead atoms. The molecule has 200 valence electrons. The lowest BCUT2D eigenvalue weighted by Crippen LogP contribution is -2.35. The van der Waals surface area contributed by atoms with Crippen molar-refractivity contribution in [3.05, 3.63) is 92.1 Å². The number of nitrogens with one attached hydrogen (secondary N) is 1. The Kier molecular flexibility index (Phi) is 6.92. The number of amides is 2. The van der Waals surface area contributed by atoms with Gasteiger partial charge in [0.25, 0.3) is 11.2 Å². The van der Waals surface area contributed by atoms with Gasteiger partial charge in [0.05, 0.1) is 30.1 Å². The number of nitro benzene ring substituents is 1. The van der Waals surface area contributed by atoms with Gasteiger partial charge in [-0.3, -0.25) is 29.1 Å². The third-order valence-corrected chi connectivity index (χ3v) is 7.04. The van der Waals surface area contributed by atoms with E-state index in [-0.39, 0.29) is 42.6 Å². The Balaban J connectivity index is 1.19. The van der Waals surface area contributed by atoms with E-state index < -0.39 is 10.8 Å². The molecule has 39 heavy (non-hydrogen) atoms. The van der Waals surface area contributed by atoms with Crippen molar-refractivity contribution >= 4 is 34.2 Å². The molecular formula is C27H27N7O5. The molecule has 1 aliphatic heterocycles. The number of nitro groups is 1. The molecule has 1 unspecified atom stereocenters. The summed E-state index contributed by atoms with van der Waals surface area (Å²) in [6, 6.07) is 11.8. The van der Waals surface area contributed by atoms with Crippen molar-refractivity contribution in [3.8, 4) is 0 Å². The lowest BCUT2D eigenvalue weighted by atomic mass is 10.1. The molecule has 1 atom stereocenters. The number of non-ortho nitro benzene ring substituents is 1. The summed E-state index contributed by atoms with van der Waals surface area (Å²) in [4.78, 5) is 54.7. The fraction of sp³-hybridized carbons (Fsp3) is 0.296. The molecule has 5 rings (SSSR count). The molecule has 2 amide bonds. The number of anilines is 1. The lowest BCUT2D eigenvalue weighted by molar-refractivity contribution is -0.384. The van der Waals surface area contributed by atoms with Crippen molar-refractivity contribution in [1.29, 1.82) is 0 Å². The van der Waals surface area contributed by atoms with Crippen LogP contribution < -0.4 is 15.8 Å². The molecule has 1 saturated heterocycles. The quantitative estimate of drug-likeness (QED) is 0.272. The van der Waals surface area contributed by atoms with Crippen LogP contribution in [-0.2, 0) is 22.7 Å². The average Bonchev–Trinajstić information content (AvgIpc) is 3.51. The van der Waals surface area contributed by atoms with Gasteiger partial charge in [0.15, 0.2) is 5.65 Å². The van der Waals surface area contributed by atoms with Crippen molar-refractivity contribution in [2.24, 2.45) is 5.92 Å². The third kappa shape index (κ3) is 5.26. The van der Waals surface area contributed by atoms with Gasteiger partial charge < -0.3 is 10.2 Å². The first-order chi connectivity index (χ1) is 18.7. The molecule has 2 aromatic heterocycles. The minimum absolute atomic E-state index is 0.0220. The number of fused-ring (bicyclic) bond motifs is 1. The van der Waals surface area contributed by atoms with Crippen LogP contribution >= 0.6 is 0 Å². The van der Waals surface area contributed by atoms with Crippen LogP contribution in [0.2, 0.25) is 0 Å². The van der Waals surface area contributed by atoms with Gasteiger partial charge in [0.2, 0.25) is 11.8 Å². The first kappa shape index (κ1) is 25.8. The zero-order chi connectivity index (χ0) is 27.7. The Labute approximate surface area is 223 Å². The highest BCUT2D eigenvalue weighted by atomic mass is 16.6. The Hall–Kier alpha value is -4.87. The van der Waals surface area contributed by atoms with E-state index in [0.29, 0.717) is 24.1 Å². The van der Waals surface area contributed by atoms with Gasteiger partial charge in [-0.1, -0.05) is 18.2 Å². The van der Waals surface area contributed by atoms with Crippen molar-refractivity contribution < 1.29 is 14.5 Å². The van der Waals surface area contributed by atoms with Crippen LogP contribution in [0.3, 0.4) is 0 Å². The van der Waals surface area contributed by atoms with Crippen LogP contribution in [0.15, 0.2) is 59.8 Å². The zero-order valence-corrected chi connectivity index (χ0v) is 21.5. The number of nitrogens with zero attached hydrogens (tertiary/aromatic N) is 6. The van der Waals surface area contributed by atoms with Crippen LogP contribution in [-0.4, -0.2) is 49.2 Å². The van der Waals surface area contributed by atoms with E-state index >= 15 is 0 Å². The summed E-state index contributed by atoms with van der Waals surface area (Å²) < 4.78 is 2.96. The van der Waals surface area contributed by atoms with Crippen molar-refractivity contribution in [1.82, 2.24) is 24.6 Å². The molecule has 0 aliphatic carbocycles. The summed E-state index contributed by atoms with van der Waals surface area (Å²) in [5, 5.41) is 18.3. The van der Waals surface area contributed by atoms with E-state index in [1.165, 1.54) is 29.2 Å². The fourth-order valence-electron chi connectivity index (χ4n) is 4.65. The second kappa shape index (κ2) is 10.5. The Morgan fingerprint density at radius 2 is 1.90 bits per heavy atom. The molecule has 4 aromatic rings. The highest BCUT2D eigenvalue weighted by Crippen LogP contribution is 2.27. The second-order valence-corrected chi connectivity index (χ2v) is 9.67. The molecule has 3 heterocycles. The van der Waals surface area contributed by atoms with Gasteiger partial charge in [0.1, 0.15) is 11.7 Å². The molecule has 1 aliphatic rings. The smallest absolute Gasteiger partial charge is 0.269 e. The van der Waals surface area contributed by atoms with Crippen LogP contribution in [0, 0.1) is 29.9 Å². The predicted molar refractivity (Wildman–Crippen MR) is 143 cm³/mol. The standard InChI is InChI=1S/C27H27N7O5/c1-17-3-6-22(11-18(17)2)32-15-20(12-24(32)35)26(36)28-9-10-33-25-23(13-30-33)27(37)31(16-29-25)14-19-4-7-21(8-5-19)34(38)39/h3-8,11,13,16,20H,9-10,12,14-15H2,1-2H3,(H,28,36). The molecule has 0 saturated carbocycles. The van der Waals surface area contributed by atoms with Crippen molar-refractivity contribution in [2.75, 3.05) is 18.0 Å². The number of benzene rings is 2. The van der Waals surface area contributed by atoms with Crippen molar-refractivity contribution in [2.45, 2.75) is 33.4 Å². The summed E-state index contributed by atoms with van der Waals surface area (Å²) in [6.07, 6.45) is 3.00. The number of rotatable bonds is 8. The van der Waals surface area contributed by atoms with E-state index in [1.54, 1.807) is 21.7 Å². The van der Waals surface area contributed by atoms with E-state index in [2.05, 4.69) is 15.4 Å². The SMILES string of the molecule is Cc1ccc(N2CC(C(=O)NCCn3ncc4c(=O)n(Cc5ccc([N+](=O)[O-])cc5)cnc43)CC2=O)cc1C. The average molecular weight is 530 g/mol. The Morgan fingerprint density at radius 1 is 1.13 bits per heavy atom. The minimum atomic E-state index is -0.478. The van der Waals surface area contributed by atoms with Gasteiger partial charge >= 0.3 is 0 Å². The van der Waals surface area contributed by atoms with Crippen LogP contribution in [0.4, 0.5) is 11.4 Å². The molecule has 12 heteroatoms. The van der Waals surface area contributed by atoms with Crippen LogP contribution in [0.25, 0.3) is 11.0 Å². The number of carbonyl (C=O) groups is 2. The Morgan fingerprint density at radius 3 is 2.62 bits per heavy atom. The molecule has 12 nitrogen and oxygen atoms in total. The minimum Gasteiger partial charge on any atom is -0.354 e. The van der Waals surface area contributed by atoms with E-state index in [9.17, 15) is 24.5 Å². The highest BCUT2D eigenvalue weighted by molar-refractivity contribution is 6.00. The van der Waals surface area contributed by atoms with E-state index in [0.717, 1.165) is 22.4 Å². The molecule has 1 fully saturated rings. The molecule has 0 spiro atoms. The summed E-state index contributed by atoms with van der Waals surface area (Å²) in [5.41, 5.74) is 3.84. The number of aromatic nitrogens is 4. The number of hydrogen-bond donors (Lipinski definition) is 1. The number of hydrogen-bond acceptors (Lipinski definition) is 7. The van der Waals surface area contributed by atoms with Gasteiger partial charge in [-0.2, -0.15) is 5.10 Å². The van der Waals surface area contributed by atoms with E-state index in [4.69, 9.17) is 0 Å². The zero-order valence-electron chi connectivity index (χ0n) is 21.5. The number of aryl methyl sites for hydroxylation is 2. The monoisotopic (exact) mass is 529 g/mol. The predicted octanol–water partition coefficient (Wildman–Crippen LogP) is 2.34. The van der Waals surface area contributed by atoms with Crippen LogP contribution in [0.5, 0.6) is 0 Å². The van der Waals surface area contributed by atoms with E-state index in [1.807, 2.05) is 32.0 Å². The van der Waals surface area contributed by atoms with Crippen LogP contribution in [0.1, 0.15) is 23.1 Å². The second-order valence-electron chi connectivity index (χ2n) is 9.67. The molecule has 0 radical (unpaired) electrons. The molecule has 2 aromatic carbocycles. The summed E-state index contributed by atoms with van der Waals surface area (Å²) in [5.74, 6) is -0.728. The van der Waals surface area contributed by atoms with Gasteiger partial charge in [-0.15, -0.1) is 0 Å². The maximum atomic E-state index is 13.0. The van der Waals surface area contributed by atoms with Gasteiger partial charge in [-0.05, 0) is 42.7 Å². The maximum absolute atomic E-state index is 13.0. The fourth-order valence-corrected chi connectivity index (χ4v) is 4.65. The first-order valence-electron chi connectivity index (χ1n) is 12.5. The molecule has 1 N–H and O–H groups in total. The normalized spacial score (nSPS) is 15.2. The van der Waals surface area contributed by atoms with Gasteiger partial charge in [0, 0.05) is 37.3 Å². The highest BCUT2D eigenvalue weighted by Gasteiger charge is 2.35.